The van der Waals surface area contributed by atoms with Gasteiger partial charge >= 0.3 is 0 Å². The van der Waals surface area contributed by atoms with Gasteiger partial charge in [-0.1, -0.05) is 13.8 Å². The zero-order valence-electron chi connectivity index (χ0n) is 15.5. The van der Waals surface area contributed by atoms with E-state index in [9.17, 15) is 9.59 Å². The first-order valence-electron chi connectivity index (χ1n) is 8.20. The second-order valence-electron chi connectivity index (χ2n) is 7.06. The van der Waals surface area contributed by atoms with E-state index in [1.165, 1.54) is 32.7 Å². The zero-order chi connectivity index (χ0) is 17.6. The molecule has 3 nitrogen and oxygen atoms in total. The maximum Gasteiger partial charge on any atom is 0.256 e. The van der Waals surface area contributed by atoms with Gasteiger partial charge in [-0.25, -0.2) is 0 Å². The summed E-state index contributed by atoms with van der Waals surface area (Å²) in [4.78, 5) is 26.2. The molecule has 1 aliphatic rings. The van der Waals surface area contributed by atoms with Crippen LogP contribution in [-0.2, 0) is 9.59 Å². The molecule has 124 valence electrons. The highest BCUT2D eigenvalue weighted by atomic mass is 16.2. The molecule has 1 saturated heterocycles. The van der Waals surface area contributed by atoms with Crippen LogP contribution in [0.3, 0.4) is 0 Å². The Balaban J connectivity index is 2.71. The fraction of sp³-hybridized carbons (Fsp3) is 0.500. The number of amides is 2. The Morgan fingerprint density at radius 2 is 1.30 bits per heavy atom. The lowest BCUT2D eigenvalue weighted by atomic mass is 9.85. The Hall–Kier alpha value is -1.90. The first-order chi connectivity index (χ1) is 10.6. The first kappa shape index (κ1) is 17.5. The number of likely N-dealkylation sites (tertiary alicyclic amines) is 1. The lowest BCUT2D eigenvalue weighted by Gasteiger charge is -2.18. The number of hydrogen-bond acceptors (Lipinski definition) is 2. The molecule has 2 amide bonds. The van der Waals surface area contributed by atoms with Crippen molar-refractivity contribution in [1.82, 2.24) is 4.90 Å². The highest BCUT2D eigenvalue weighted by molar-refractivity contribution is 6.17. The number of benzene rings is 1. The summed E-state index contributed by atoms with van der Waals surface area (Å²) >= 11 is 0. The van der Waals surface area contributed by atoms with Crippen molar-refractivity contribution in [2.24, 2.45) is 11.8 Å². The molecule has 0 radical (unpaired) electrons. The maximum absolute atomic E-state index is 12.5. The summed E-state index contributed by atoms with van der Waals surface area (Å²) in [5.74, 6) is -0.486. The van der Waals surface area contributed by atoms with Crippen LogP contribution in [0.15, 0.2) is 5.57 Å². The molecule has 1 heterocycles. The van der Waals surface area contributed by atoms with Gasteiger partial charge in [-0.15, -0.1) is 0 Å². The minimum atomic E-state index is -0.340. The van der Waals surface area contributed by atoms with E-state index >= 15 is 0 Å². The van der Waals surface area contributed by atoms with Gasteiger partial charge < -0.3 is 0 Å². The second kappa shape index (κ2) is 5.95. The van der Waals surface area contributed by atoms with Crippen LogP contribution >= 0.6 is 0 Å². The summed E-state index contributed by atoms with van der Waals surface area (Å²) in [5.41, 5.74) is 7.90. The largest absolute Gasteiger partial charge is 0.281 e. The van der Waals surface area contributed by atoms with Crippen LogP contribution in [-0.4, -0.2) is 23.8 Å². The highest BCUT2D eigenvalue weighted by Gasteiger charge is 2.42. The number of likely N-dealkylation sites (N-methyl/N-ethyl adjacent to an activating group) is 1. The third-order valence-electron chi connectivity index (χ3n) is 5.51. The summed E-state index contributed by atoms with van der Waals surface area (Å²) in [6.07, 6.45) is 1.96. The van der Waals surface area contributed by atoms with Gasteiger partial charge in [0.1, 0.15) is 0 Å². The molecule has 23 heavy (non-hydrogen) atoms. The number of rotatable bonds is 2. The van der Waals surface area contributed by atoms with Gasteiger partial charge in [0.15, 0.2) is 0 Å². The van der Waals surface area contributed by atoms with Crippen molar-refractivity contribution in [3.8, 4) is 0 Å². The van der Waals surface area contributed by atoms with E-state index in [0.717, 1.165) is 5.56 Å². The summed E-state index contributed by atoms with van der Waals surface area (Å²) in [6.45, 7) is 14.5. The Labute approximate surface area is 139 Å². The number of imide groups is 1. The molecule has 2 rings (SSSR count). The van der Waals surface area contributed by atoms with E-state index in [1.807, 2.05) is 19.9 Å². The summed E-state index contributed by atoms with van der Waals surface area (Å²) < 4.78 is 0. The van der Waals surface area contributed by atoms with E-state index in [-0.39, 0.29) is 23.7 Å². The molecule has 1 aromatic rings. The normalized spacial score (nSPS) is 20.3. The van der Waals surface area contributed by atoms with Crippen molar-refractivity contribution in [3.05, 3.63) is 39.0 Å². The summed E-state index contributed by atoms with van der Waals surface area (Å²) in [7, 11) is 1.58. The molecule has 0 aliphatic carbocycles. The monoisotopic (exact) mass is 313 g/mol. The molecule has 0 N–H and O–H groups in total. The third kappa shape index (κ3) is 2.62. The second-order valence-corrected chi connectivity index (χ2v) is 7.06. The minimum absolute atomic E-state index is 0.0906. The molecule has 1 fully saturated rings. The SMILES string of the molecule is Cc1c(C)c(C)c(/C=C2/C(=O)N(C)C(=O)C2C(C)C)c(C)c1C. The van der Waals surface area contributed by atoms with Crippen molar-refractivity contribution in [3.63, 3.8) is 0 Å². The van der Waals surface area contributed by atoms with E-state index < -0.39 is 0 Å². The molecule has 1 atom stereocenters. The smallest absolute Gasteiger partial charge is 0.256 e. The molecular formula is C20H27NO2. The lowest BCUT2D eigenvalue weighted by Crippen LogP contribution is -2.27. The van der Waals surface area contributed by atoms with E-state index in [2.05, 4.69) is 34.6 Å². The van der Waals surface area contributed by atoms with Crippen molar-refractivity contribution >= 4 is 17.9 Å². The fourth-order valence-corrected chi connectivity index (χ4v) is 3.47. The van der Waals surface area contributed by atoms with Gasteiger partial charge in [-0.3, -0.25) is 14.5 Å². The molecule has 0 saturated carbocycles. The Kier molecular flexibility index (Phi) is 4.52. The number of nitrogens with zero attached hydrogens (tertiary/aromatic N) is 1. The Morgan fingerprint density at radius 3 is 1.74 bits per heavy atom. The first-order valence-corrected chi connectivity index (χ1v) is 8.20. The lowest BCUT2D eigenvalue weighted by molar-refractivity contribution is -0.137. The summed E-state index contributed by atoms with van der Waals surface area (Å²) in [6, 6.07) is 0. The van der Waals surface area contributed by atoms with Crippen molar-refractivity contribution < 1.29 is 9.59 Å². The third-order valence-corrected chi connectivity index (χ3v) is 5.51. The molecule has 0 spiro atoms. The van der Waals surface area contributed by atoms with Crippen LogP contribution in [0.25, 0.3) is 6.08 Å². The van der Waals surface area contributed by atoms with Gasteiger partial charge in [0, 0.05) is 12.6 Å². The summed E-state index contributed by atoms with van der Waals surface area (Å²) in [5, 5.41) is 0. The zero-order valence-corrected chi connectivity index (χ0v) is 15.5. The topological polar surface area (TPSA) is 37.4 Å². The van der Waals surface area contributed by atoms with Gasteiger partial charge in [0.2, 0.25) is 5.91 Å². The Morgan fingerprint density at radius 1 is 0.870 bits per heavy atom. The quantitative estimate of drug-likeness (QED) is 0.614. The van der Waals surface area contributed by atoms with Crippen molar-refractivity contribution in [2.45, 2.75) is 48.5 Å². The molecule has 0 aromatic heterocycles. The fourth-order valence-electron chi connectivity index (χ4n) is 3.47. The van der Waals surface area contributed by atoms with E-state index in [1.54, 1.807) is 7.05 Å². The molecule has 0 bridgehead atoms. The van der Waals surface area contributed by atoms with Crippen molar-refractivity contribution in [2.75, 3.05) is 7.05 Å². The average molecular weight is 313 g/mol. The van der Waals surface area contributed by atoms with E-state index in [0.29, 0.717) is 5.57 Å². The number of carbonyl (C=O) groups excluding carboxylic acids is 2. The van der Waals surface area contributed by atoms with Crippen LogP contribution < -0.4 is 0 Å². The maximum atomic E-state index is 12.5. The minimum Gasteiger partial charge on any atom is -0.281 e. The molecule has 1 aliphatic heterocycles. The molecule has 1 aromatic carbocycles. The van der Waals surface area contributed by atoms with Crippen LogP contribution in [0.5, 0.6) is 0 Å². The van der Waals surface area contributed by atoms with Crippen LogP contribution in [0.1, 0.15) is 47.2 Å². The molecule has 3 heteroatoms. The number of hydrogen-bond donors (Lipinski definition) is 0. The standard InChI is InChI=1S/C20H27NO2/c1-10(2)18-17(19(22)21(8)20(18)23)9-16-14(6)12(4)11(3)13(5)15(16)7/h9-10,18H,1-8H3/b17-9+. The van der Waals surface area contributed by atoms with Gasteiger partial charge in [-0.05, 0) is 80.0 Å². The van der Waals surface area contributed by atoms with Crippen LogP contribution in [0.2, 0.25) is 0 Å². The van der Waals surface area contributed by atoms with Gasteiger partial charge in [0.25, 0.3) is 5.91 Å². The van der Waals surface area contributed by atoms with Crippen molar-refractivity contribution in [1.29, 1.82) is 0 Å². The average Bonchev–Trinajstić information content (AvgIpc) is 2.71. The van der Waals surface area contributed by atoms with Gasteiger partial charge in [-0.2, -0.15) is 0 Å². The van der Waals surface area contributed by atoms with Crippen LogP contribution in [0.4, 0.5) is 0 Å². The number of carbonyl (C=O) groups is 2. The Bertz CT molecular complexity index is 697. The van der Waals surface area contributed by atoms with Crippen LogP contribution in [0, 0.1) is 46.5 Å². The van der Waals surface area contributed by atoms with E-state index in [4.69, 9.17) is 0 Å². The van der Waals surface area contributed by atoms with Gasteiger partial charge in [0.05, 0.1) is 5.92 Å². The predicted molar refractivity (Wildman–Crippen MR) is 94.2 cm³/mol. The molecular weight excluding hydrogens is 286 g/mol. The molecule has 1 unspecified atom stereocenters. The highest BCUT2D eigenvalue weighted by Crippen LogP contribution is 2.35. The predicted octanol–water partition coefficient (Wildman–Crippen LogP) is 3.88.